The van der Waals surface area contributed by atoms with Gasteiger partial charge in [-0.15, -0.1) is 0 Å². The predicted octanol–water partition coefficient (Wildman–Crippen LogP) is 4.56. The van der Waals surface area contributed by atoms with Crippen molar-refractivity contribution in [2.24, 2.45) is 0 Å². The molecule has 0 bridgehead atoms. The molecule has 3 aromatic rings. The van der Waals surface area contributed by atoms with E-state index in [1.165, 1.54) is 0 Å². The van der Waals surface area contributed by atoms with Crippen molar-refractivity contribution >= 4 is 5.91 Å². The quantitative estimate of drug-likeness (QED) is 0.657. The van der Waals surface area contributed by atoms with Crippen molar-refractivity contribution in [2.45, 2.75) is 32.7 Å². The van der Waals surface area contributed by atoms with Crippen LogP contribution in [-0.2, 0) is 0 Å². The zero-order valence-corrected chi connectivity index (χ0v) is 16.3. The number of hydrogen-bond donors (Lipinski definition) is 0. The van der Waals surface area contributed by atoms with Crippen LogP contribution >= 0.6 is 0 Å². The molecule has 5 nitrogen and oxygen atoms in total. The lowest BCUT2D eigenvalue weighted by Gasteiger charge is -2.25. The van der Waals surface area contributed by atoms with Crippen LogP contribution in [0.4, 0.5) is 0 Å². The number of nitrogens with zero attached hydrogens (tertiary/aromatic N) is 3. The summed E-state index contributed by atoms with van der Waals surface area (Å²) in [6.07, 6.45) is 3.68. The smallest absolute Gasteiger partial charge is 0.257 e. The zero-order valence-electron chi connectivity index (χ0n) is 16.3. The Bertz CT molecular complexity index is 948. The van der Waals surface area contributed by atoms with E-state index in [1.807, 2.05) is 65.9 Å². The highest BCUT2D eigenvalue weighted by atomic mass is 16.5. The van der Waals surface area contributed by atoms with Crippen molar-refractivity contribution in [3.63, 3.8) is 0 Å². The number of benzene rings is 2. The van der Waals surface area contributed by atoms with Gasteiger partial charge in [0.15, 0.2) is 0 Å². The number of likely N-dealkylation sites (tertiary alicyclic amines) is 1. The van der Waals surface area contributed by atoms with Gasteiger partial charge in [-0.05, 0) is 56.5 Å². The Hall–Kier alpha value is -3.08. The maximum Gasteiger partial charge on any atom is 0.257 e. The Balaban J connectivity index is 1.58. The van der Waals surface area contributed by atoms with Crippen molar-refractivity contribution in [1.82, 2.24) is 14.7 Å². The Labute approximate surface area is 165 Å². The summed E-state index contributed by atoms with van der Waals surface area (Å²) in [6, 6.07) is 18.1. The molecule has 0 spiro atoms. The van der Waals surface area contributed by atoms with E-state index in [4.69, 9.17) is 4.74 Å². The SMILES string of the molecule is CCOc1ccc(C2CCCN2C(=O)c2cnn(-c3ccccc3)c2C)cc1. The molecule has 28 heavy (non-hydrogen) atoms. The highest BCUT2D eigenvalue weighted by molar-refractivity contribution is 5.95. The summed E-state index contributed by atoms with van der Waals surface area (Å²) in [6.45, 7) is 5.35. The van der Waals surface area contributed by atoms with Crippen molar-refractivity contribution in [3.8, 4) is 11.4 Å². The van der Waals surface area contributed by atoms with Crippen LogP contribution in [0.2, 0.25) is 0 Å². The van der Waals surface area contributed by atoms with Crippen LogP contribution in [0.1, 0.15) is 47.4 Å². The molecule has 1 aromatic heterocycles. The fourth-order valence-corrected chi connectivity index (χ4v) is 3.91. The number of ether oxygens (including phenoxy) is 1. The van der Waals surface area contributed by atoms with Gasteiger partial charge < -0.3 is 9.64 Å². The molecular formula is C23H25N3O2. The molecule has 1 unspecified atom stereocenters. The molecule has 1 amide bonds. The van der Waals surface area contributed by atoms with E-state index in [0.29, 0.717) is 12.2 Å². The summed E-state index contributed by atoms with van der Waals surface area (Å²) in [7, 11) is 0. The standard InChI is InChI=1S/C23H25N3O2/c1-3-28-20-13-11-18(12-14-20)22-10-7-15-25(22)23(27)21-16-24-26(17(21)2)19-8-5-4-6-9-19/h4-6,8-9,11-14,16,22H,3,7,10,15H2,1-2H3. The lowest BCUT2D eigenvalue weighted by atomic mass is 10.0. The van der Waals surface area contributed by atoms with Crippen LogP contribution in [0.5, 0.6) is 5.75 Å². The van der Waals surface area contributed by atoms with Crippen LogP contribution in [0.15, 0.2) is 60.8 Å². The van der Waals surface area contributed by atoms with Gasteiger partial charge in [0.25, 0.3) is 5.91 Å². The molecule has 0 radical (unpaired) electrons. The highest BCUT2D eigenvalue weighted by Crippen LogP contribution is 2.34. The second-order valence-corrected chi connectivity index (χ2v) is 7.05. The molecule has 0 aliphatic carbocycles. The Morgan fingerprint density at radius 2 is 1.89 bits per heavy atom. The molecule has 0 N–H and O–H groups in total. The number of carbonyl (C=O) groups excluding carboxylic acids is 1. The van der Waals surface area contributed by atoms with Crippen molar-refractivity contribution < 1.29 is 9.53 Å². The van der Waals surface area contributed by atoms with Gasteiger partial charge in [0.1, 0.15) is 5.75 Å². The third-order valence-electron chi connectivity index (χ3n) is 5.33. The summed E-state index contributed by atoms with van der Waals surface area (Å²) < 4.78 is 7.36. The molecule has 0 saturated carbocycles. The molecule has 1 atom stereocenters. The predicted molar refractivity (Wildman–Crippen MR) is 109 cm³/mol. The molecule has 1 saturated heterocycles. The van der Waals surface area contributed by atoms with Crippen molar-refractivity contribution in [2.75, 3.05) is 13.2 Å². The number of amides is 1. The average Bonchev–Trinajstić information content (AvgIpc) is 3.36. The minimum atomic E-state index is 0.0519. The lowest BCUT2D eigenvalue weighted by Crippen LogP contribution is -2.30. The van der Waals surface area contributed by atoms with Crippen LogP contribution in [0, 0.1) is 6.92 Å². The second-order valence-electron chi connectivity index (χ2n) is 7.05. The van der Waals surface area contributed by atoms with Gasteiger partial charge >= 0.3 is 0 Å². The highest BCUT2D eigenvalue weighted by Gasteiger charge is 2.32. The molecule has 4 rings (SSSR count). The van der Waals surface area contributed by atoms with Gasteiger partial charge in [0.05, 0.1) is 35.8 Å². The molecule has 2 heterocycles. The second kappa shape index (κ2) is 7.89. The van der Waals surface area contributed by atoms with E-state index < -0.39 is 0 Å². The maximum atomic E-state index is 13.3. The van der Waals surface area contributed by atoms with Crippen LogP contribution < -0.4 is 4.74 Å². The van der Waals surface area contributed by atoms with Gasteiger partial charge in [-0.3, -0.25) is 4.79 Å². The first kappa shape index (κ1) is 18.3. The van der Waals surface area contributed by atoms with E-state index in [0.717, 1.165) is 42.1 Å². The maximum absolute atomic E-state index is 13.3. The molecule has 1 fully saturated rings. The fourth-order valence-electron chi connectivity index (χ4n) is 3.91. The van der Waals surface area contributed by atoms with E-state index in [9.17, 15) is 4.79 Å². The van der Waals surface area contributed by atoms with Gasteiger partial charge in [-0.1, -0.05) is 30.3 Å². The number of para-hydroxylation sites is 1. The van der Waals surface area contributed by atoms with Crippen LogP contribution in [0.25, 0.3) is 5.69 Å². The van der Waals surface area contributed by atoms with Crippen molar-refractivity contribution in [1.29, 1.82) is 0 Å². The third-order valence-corrected chi connectivity index (χ3v) is 5.33. The number of carbonyl (C=O) groups is 1. The van der Waals surface area contributed by atoms with Gasteiger partial charge in [0.2, 0.25) is 0 Å². The Morgan fingerprint density at radius 1 is 1.14 bits per heavy atom. The van der Waals surface area contributed by atoms with Crippen LogP contribution in [0.3, 0.4) is 0 Å². The van der Waals surface area contributed by atoms with Gasteiger partial charge in [-0.2, -0.15) is 5.10 Å². The molecule has 2 aromatic carbocycles. The Morgan fingerprint density at radius 3 is 2.61 bits per heavy atom. The third kappa shape index (κ3) is 3.40. The van der Waals surface area contributed by atoms with Crippen LogP contribution in [-0.4, -0.2) is 33.7 Å². The summed E-state index contributed by atoms with van der Waals surface area (Å²) in [5.41, 5.74) is 3.65. The minimum absolute atomic E-state index is 0.0519. The van der Waals surface area contributed by atoms with E-state index in [1.54, 1.807) is 6.20 Å². The van der Waals surface area contributed by atoms with E-state index in [-0.39, 0.29) is 11.9 Å². The first-order valence-corrected chi connectivity index (χ1v) is 9.83. The molecular weight excluding hydrogens is 350 g/mol. The van der Waals surface area contributed by atoms with Crippen molar-refractivity contribution in [3.05, 3.63) is 77.6 Å². The summed E-state index contributed by atoms with van der Waals surface area (Å²) >= 11 is 0. The number of rotatable bonds is 5. The van der Waals surface area contributed by atoms with Gasteiger partial charge in [0, 0.05) is 6.54 Å². The topological polar surface area (TPSA) is 47.4 Å². The fraction of sp³-hybridized carbons (Fsp3) is 0.304. The van der Waals surface area contributed by atoms with E-state index >= 15 is 0 Å². The Kier molecular flexibility index (Phi) is 5.15. The number of hydrogen-bond acceptors (Lipinski definition) is 3. The summed E-state index contributed by atoms with van der Waals surface area (Å²) in [5.74, 6) is 0.915. The zero-order chi connectivity index (χ0) is 19.5. The lowest BCUT2D eigenvalue weighted by molar-refractivity contribution is 0.0735. The minimum Gasteiger partial charge on any atom is -0.494 e. The monoisotopic (exact) mass is 375 g/mol. The summed E-state index contributed by atoms with van der Waals surface area (Å²) in [4.78, 5) is 15.3. The molecule has 5 heteroatoms. The first-order valence-electron chi connectivity index (χ1n) is 9.83. The number of aromatic nitrogens is 2. The first-order chi connectivity index (χ1) is 13.7. The molecule has 1 aliphatic rings. The average molecular weight is 375 g/mol. The molecule has 144 valence electrons. The van der Waals surface area contributed by atoms with Gasteiger partial charge in [-0.25, -0.2) is 4.68 Å². The normalized spacial score (nSPS) is 16.4. The summed E-state index contributed by atoms with van der Waals surface area (Å²) in [5, 5.41) is 4.46. The van der Waals surface area contributed by atoms with E-state index in [2.05, 4.69) is 17.2 Å². The largest absolute Gasteiger partial charge is 0.494 e. The molecule has 1 aliphatic heterocycles.